The van der Waals surface area contributed by atoms with Crippen LogP contribution in [0, 0.1) is 17.2 Å². The minimum Gasteiger partial charge on any atom is -0.397 e. The highest BCUT2D eigenvalue weighted by Gasteiger charge is 2.20. The van der Waals surface area contributed by atoms with Crippen LogP contribution >= 0.6 is 0 Å². The van der Waals surface area contributed by atoms with E-state index in [1.165, 1.54) is 0 Å². The molecule has 0 spiro atoms. The number of hydrogen-bond acceptors (Lipinski definition) is 4. The minimum atomic E-state index is 0.133. The van der Waals surface area contributed by atoms with E-state index in [0.29, 0.717) is 0 Å². The number of aryl methyl sites for hydroxylation is 1. The molecular formula is C15H24N4. The molecule has 2 N–H and O–H groups in total. The van der Waals surface area contributed by atoms with Crippen LogP contribution in [0.2, 0.25) is 0 Å². The second kappa shape index (κ2) is 7.63. The van der Waals surface area contributed by atoms with Gasteiger partial charge >= 0.3 is 0 Å². The number of nitrogens with zero attached hydrogens (tertiary/aromatic N) is 3. The molecule has 1 aromatic heterocycles. The van der Waals surface area contributed by atoms with E-state index in [0.717, 1.165) is 49.4 Å². The lowest BCUT2D eigenvalue weighted by molar-refractivity contribution is 0.490. The standard InChI is InChI=1S/C13H18N4.C2H6/c1-2-11-6-13(16-8-12(11)15)17-5-3-4-10(7-14)9-17;1-2/h6,8,10H,2-5,9,15H2,1H3;1-2H3. The van der Waals surface area contributed by atoms with E-state index in [1.54, 1.807) is 6.20 Å². The molecule has 0 bridgehead atoms. The maximum absolute atomic E-state index is 8.98. The number of hydrogen-bond donors (Lipinski definition) is 1. The molecule has 2 heterocycles. The molecule has 19 heavy (non-hydrogen) atoms. The summed E-state index contributed by atoms with van der Waals surface area (Å²) in [7, 11) is 0. The summed E-state index contributed by atoms with van der Waals surface area (Å²) in [4.78, 5) is 6.56. The first-order valence-corrected chi connectivity index (χ1v) is 7.13. The lowest BCUT2D eigenvalue weighted by Gasteiger charge is -2.30. The zero-order valence-electron chi connectivity index (χ0n) is 12.2. The van der Waals surface area contributed by atoms with Crippen molar-refractivity contribution in [2.24, 2.45) is 5.92 Å². The second-order valence-electron chi connectivity index (χ2n) is 4.51. The fraction of sp³-hybridized carbons (Fsp3) is 0.600. The van der Waals surface area contributed by atoms with Gasteiger partial charge in [-0.25, -0.2) is 4.98 Å². The lowest BCUT2D eigenvalue weighted by atomic mass is 9.99. The number of pyridine rings is 1. The minimum absolute atomic E-state index is 0.133. The van der Waals surface area contributed by atoms with E-state index in [2.05, 4.69) is 28.9 Å². The van der Waals surface area contributed by atoms with Crippen molar-refractivity contribution >= 4 is 11.5 Å². The summed E-state index contributed by atoms with van der Waals surface area (Å²) in [5.41, 5.74) is 7.74. The molecule has 1 aliphatic heterocycles. The van der Waals surface area contributed by atoms with Crippen molar-refractivity contribution in [3.63, 3.8) is 0 Å². The number of aromatic nitrogens is 1. The Kier molecular flexibility index (Phi) is 6.14. The number of nitriles is 1. The van der Waals surface area contributed by atoms with Gasteiger partial charge in [0.05, 0.1) is 23.9 Å². The zero-order valence-corrected chi connectivity index (χ0v) is 12.2. The van der Waals surface area contributed by atoms with Gasteiger partial charge in [-0.15, -0.1) is 0 Å². The lowest BCUT2D eigenvalue weighted by Crippen LogP contribution is -2.35. The van der Waals surface area contributed by atoms with Crippen LogP contribution in [-0.2, 0) is 6.42 Å². The maximum Gasteiger partial charge on any atom is 0.128 e. The quantitative estimate of drug-likeness (QED) is 0.887. The van der Waals surface area contributed by atoms with E-state index < -0.39 is 0 Å². The first kappa shape index (κ1) is 15.3. The summed E-state index contributed by atoms with van der Waals surface area (Å²) < 4.78 is 0. The Morgan fingerprint density at radius 2 is 2.26 bits per heavy atom. The number of piperidine rings is 1. The Labute approximate surface area is 116 Å². The van der Waals surface area contributed by atoms with E-state index in [1.807, 2.05) is 13.8 Å². The fourth-order valence-electron chi connectivity index (χ4n) is 2.26. The fourth-order valence-corrected chi connectivity index (χ4v) is 2.26. The molecule has 104 valence electrons. The molecule has 4 heteroatoms. The van der Waals surface area contributed by atoms with Crippen LogP contribution in [0.25, 0.3) is 0 Å². The summed E-state index contributed by atoms with van der Waals surface area (Å²) in [6.07, 6.45) is 4.70. The summed E-state index contributed by atoms with van der Waals surface area (Å²) >= 11 is 0. The van der Waals surface area contributed by atoms with Crippen molar-refractivity contribution in [3.05, 3.63) is 17.8 Å². The Bertz CT molecular complexity index is 436. The Balaban J connectivity index is 0.000000861. The molecule has 0 radical (unpaired) electrons. The van der Waals surface area contributed by atoms with Crippen molar-refractivity contribution in [1.29, 1.82) is 5.26 Å². The van der Waals surface area contributed by atoms with Crippen LogP contribution in [0.15, 0.2) is 12.3 Å². The van der Waals surface area contributed by atoms with Crippen LogP contribution < -0.4 is 10.6 Å². The Morgan fingerprint density at radius 3 is 2.89 bits per heavy atom. The summed E-state index contributed by atoms with van der Waals surface area (Å²) in [6.45, 7) is 7.86. The third kappa shape index (κ3) is 3.85. The largest absolute Gasteiger partial charge is 0.397 e. The van der Waals surface area contributed by atoms with Gasteiger partial charge in [-0.05, 0) is 30.9 Å². The molecule has 1 fully saturated rings. The first-order valence-electron chi connectivity index (χ1n) is 7.13. The molecule has 0 aromatic carbocycles. The predicted molar refractivity (Wildman–Crippen MR) is 79.9 cm³/mol. The summed E-state index contributed by atoms with van der Waals surface area (Å²) in [6, 6.07) is 4.40. The zero-order chi connectivity index (χ0) is 14.3. The smallest absolute Gasteiger partial charge is 0.128 e. The summed E-state index contributed by atoms with van der Waals surface area (Å²) in [5, 5.41) is 8.98. The van der Waals surface area contributed by atoms with Gasteiger partial charge in [0.15, 0.2) is 0 Å². The maximum atomic E-state index is 8.98. The van der Waals surface area contributed by atoms with Crippen molar-refractivity contribution in [3.8, 4) is 6.07 Å². The average molecular weight is 260 g/mol. The molecule has 1 aliphatic rings. The Hall–Kier alpha value is -1.76. The van der Waals surface area contributed by atoms with Gasteiger partial charge < -0.3 is 10.6 Å². The van der Waals surface area contributed by atoms with Crippen LogP contribution in [0.4, 0.5) is 11.5 Å². The molecule has 1 aromatic rings. The van der Waals surface area contributed by atoms with Gasteiger partial charge in [-0.1, -0.05) is 20.8 Å². The molecule has 1 saturated heterocycles. The van der Waals surface area contributed by atoms with E-state index in [4.69, 9.17) is 11.0 Å². The molecule has 4 nitrogen and oxygen atoms in total. The predicted octanol–water partition coefficient (Wildman–Crippen LogP) is 2.99. The average Bonchev–Trinajstić information content (AvgIpc) is 2.50. The van der Waals surface area contributed by atoms with Crippen molar-refractivity contribution in [2.75, 3.05) is 23.7 Å². The van der Waals surface area contributed by atoms with Gasteiger partial charge in [0, 0.05) is 13.1 Å². The van der Waals surface area contributed by atoms with Crippen LogP contribution in [0.1, 0.15) is 39.2 Å². The highest BCUT2D eigenvalue weighted by atomic mass is 15.2. The van der Waals surface area contributed by atoms with E-state index >= 15 is 0 Å². The van der Waals surface area contributed by atoms with Gasteiger partial charge in [0.2, 0.25) is 0 Å². The highest BCUT2D eigenvalue weighted by Crippen LogP contribution is 2.23. The van der Waals surface area contributed by atoms with Crippen molar-refractivity contribution in [1.82, 2.24) is 4.98 Å². The van der Waals surface area contributed by atoms with E-state index in [-0.39, 0.29) is 5.92 Å². The molecular weight excluding hydrogens is 236 g/mol. The molecule has 1 unspecified atom stereocenters. The van der Waals surface area contributed by atoms with E-state index in [9.17, 15) is 0 Å². The topological polar surface area (TPSA) is 65.9 Å². The number of rotatable bonds is 2. The molecule has 0 amide bonds. The summed E-state index contributed by atoms with van der Waals surface area (Å²) in [5.74, 6) is 1.09. The van der Waals surface area contributed by atoms with Gasteiger partial charge in [0.1, 0.15) is 5.82 Å². The number of nitrogens with two attached hydrogens (primary N) is 1. The first-order chi connectivity index (χ1) is 9.24. The monoisotopic (exact) mass is 260 g/mol. The SMILES string of the molecule is CC.CCc1cc(N2CCCC(C#N)C2)ncc1N. The van der Waals surface area contributed by atoms with Crippen molar-refractivity contribution < 1.29 is 0 Å². The Morgan fingerprint density at radius 1 is 1.53 bits per heavy atom. The highest BCUT2D eigenvalue weighted by molar-refractivity contribution is 5.53. The normalized spacial score (nSPS) is 18.2. The van der Waals surface area contributed by atoms with Gasteiger partial charge in [0.25, 0.3) is 0 Å². The van der Waals surface area contributed by atoms with Crippen LogP contribution in [-0.4, -0.2) is 18.1 Å². The van der Waals surface area contributed by atoms with Gasteiger partial charge in [-0.3, -0.25) is 0 Å². The number of nitrogen functional groups attached to an aromatic ring is 1. The third-order valence-corrected chi connectivity index (χ3v) is 3.32. The third-order valence-electron chi connectivity index (χ3n) is 3.32. The molecule has 0 saturated carbocycles. The molecule has 2 rings (SSSR count). The molecule has 1 atom stereocenters. The molecule has 0 aliphatic carbocycles. The second-order valence-corrected chi connectivity index (χ2v) is 4.51. The van der Waals surface area contributed by atoms with Crippen molar-refractivity contribution in [2.45, 2.75) is 40.0 Å². The van der Waals surface area contributed by atoms with Gasteiger partial charge in [-0.2, -0.15) is 5.26 Å². The van der Waals surface area contributed by atoms with Crippen LogP contribution in [0.5, 0.6) is 0 Å². The van der Waals surface area contributed by atoms with Crippen LogP contribution in [0.3, 0.4) is 0 Å². The number of anilines is 2.